The molecule has 1 aromatic heterocycles. The summed E-state index contributed by atoms with van der Waals surface area (Å²) >= 11 is 0. The van der Waals surface area contributed by atoms with Gasteiger partial charge in [-0.2, -0.15) is 0 Å². The third-order valence-electron chi connectivity index (χ3n) is 4.51. The van der Waals surface area contributed by atoms with Crippen LogP contribution in [0.25, 0.3) is 11.3 Å². The van der Waals surface area contributed by atoms with Crippen molar-refractivity contribution in [3.63, 3.8) is 0 Å². The lowest BCUT2D eigenvalue weighted by Gasteiger charge is -2.26. The van der Waals surface area contributed by atoms with Crippen LogP contribution in [0.3, 0.4) is 0 Å². The van der Waals surface area contributed by atoms with Crippen LogP contribution in [0.4, 0.5) is 4.39 Å². The lowest BCUT2D eigenvalue weighted by molar-refractivity contribution is 0.199. The molecule has 27 heavy (non-hydrogen) atoms. The quantitative estimate of drug-likeness (QED) is 0.706. The maximum Gasteiger partial charge on any atom is 0.268 e. The molecule has 1 saturated heterocycles. The molecule has 7 heteroatoms. The second-order valence-electron chi connectivity index (χ2n) is 6.42. The van der Waals surface area contributed by atoms with Crippen LogP contribution in [0, 0.1) is 11.7 Å². The van der Waals surface area contributed by atoms with E-state index in [9.17, 15) is 12.8 Å². The molecule has 0 spiro atoms. The third kappa shape index (κ3) is 3.48. The van der Waals surface area contributed by atoms with Crippen LogP contribution < -0.4 is 10.1 Å². The van der Waals surface area contributed by atoms with Crippen molar-refractivity contribution < 1.29 is 18.9 Å². The molecule has 0 aliphatic carbocycles. The topological polar surface area (TPSA) is 60.3 Å². The molecule has 140 valence electrons. The highest BCUT2D eigenvalue weighted by atomic mass is 32.2. The first-order chi connectivity index (χ1) is 13.4. The van der Waals surface area contributed by atoms with Gasteiger partial charge in [-0.15, -0.1) is 0 Å². The molecular formula is C20H19FN2O3S. The number of hydrogen-bond acceptors (Lipinski definition) is 4. The molecule has 1 aliphatic rings. The van der Waals surface area contributed by atoms with E-state index < -0.39 is 15.8 Å². The average Bonchev–Trinajstić information content (AvgIpc) is 3.03. The van der Waals surface area contributed by atoms with Gasteiger partial charge in [0.2, 0.25) is 0 Å². The molecule has 3 aromatic rings. The van der Waals surface area contributed by atoms with E-state index >= 15 is 0 Å². The van der Waals surface area contributed by atoms with E-state index in [2.05, 4.69) is 5.32 Å². The van der Waals surface area contributed by atoms with Crippen LogP contribution in [-0.2, 0) is 10.0 Å². The zero-order valence-corrected chi connectivity index (χ0v) is 15.2. The molecule has 1 aliphatic heterocycles. The summed E-state index contributed by atoms with van der Waals surface area (Å²) < 4.78 is 55.2. The highest BCUT2D eigenvalue weighted by molar-refractivity contribution is 7.90. The zero-order valence-electron chi connectivity index (χ0n) is 15.4. The number of nitrogens with one attached hydrogen (secondary N) is 1. The number of rotatable bonds is 6. The van der Waals surface area contributed by atoms with Crippen LogP contribution in [0.1, 0.15) is 1.37 Å². The Balaban J connectivity index is 1.70. The fraction of sp³-hybridized carbons (Fsp3) is 0.200. The molecule has 0 atom stereocenters. The Kier molecular flexibility index (Phi) is 4.39. The number of halogens is 1. The molecule has 0 radical (unpaired) electrons. The van der Waals surface area contributed by atoms with Gasteiger partial charge in [0.25, 0.3) is 10.0 Å². The van der Waals surface area contributed by atoms with Crippen molar-refractivity contribution in [1.82, 2.24) is 9.29 Å². The Labute approximate surface area is 158 Å². The van der Waals surface area contributed by atoms with Gasteiger partial charge >= 0.3 is 0 Å². The minimum atomic E-state index is -4.03. The van der Waals surface area contributed by atoms with Crippen LogP contribution in [0.15, 0.2) is 71.7 Å². The van der Waals surface area contributed by atoms with Crippen LogP contribution >= 0.6 is 0 Å². The molecule has 1 N–H and O–H groups in total. The van der Waals surface area contributed by atoms with E-state index in [1.165, 1.54) is 42.6 Å². The van der Waals surface area contributed by atoms with Gasteiger partial charge in [-0.05, 0) is 36.4 Å². The lowest BCUT2D eigenvalue weighted by Crippen LogP contribution is -2.45. The fourth-order valence-electron chi connectivity index (χ4n) is 2.90. The summed E-state index contributed by atoms with van der Waals surface area (Å²) in [6.07, 6.45) is 1.17. The monoisotopic (exact) mass is 387 g/mol. The van der Waals surface area contributed by atoms with E-state index in [1.54, 1.807) is 18.2 Å². The van der Waals surface area contributed by atoms with E-state index in [0.717, 1.165) is 17.1 Å². The molecule has 0 bridgehead atoms. The number of aromatic nitrogens is 1. The first kappa shape index (κ1) is 16.5. The molecule has 2 heterocycles. The molecular weight excluding hydrogens is 367 g/mol. The normalized spacial score (nSPS) is 15.2. The molecule has 0 amide bonds. The van der Waals surface area contributed by atoms with E-state index in [1.807, 2.05) is 0 Å². The minimum absolute atomic E-state index is 0.0184. The largest absolute Gasteiger partial charge is 0.493 e. The second-order valence-corrected chi connectivity index (χ2v) is 8.23. The predicted molar refractivity (Wildman–Crippen MR) is 101 cm³/mol. The summed E-state index contributed by atoms with van der Waals surface area (Å²) in [5.41, 5.74) is 0.226. The predicted octanol–water partition coefficient (Wildman–Crippen LogP) is 3.13. The maximum absolute atomic E-state index is 14.2. The van der Waals surface area contributed by atoms with Crippen LogP contribution in [0.5, 0.6) is 5.75 Å². The molecule has 5 nitrogen and oxygen atoms in total. The highest BCUT2D eigenvalue weighted by Crippen LogP contribution is 2.28. The van der Waals surface area contributed by atoms with Gasteiger partial charge in [0.05, 0.1) is 18.6 Å². The van der Waals surface area contributed by atoms with E-state index in [0.29, 0.717) is 18.3 Å². The van der Waals surface area contributed by atoms with Crippen molar-refractivity contribution in [3.05, 3.63) is 72.7 Å². The standard InChI is InChI=1S/C20H19FN2O3S/c21-19-8-2-1-7-18(19)20-9-4-10-23(20)27(24,25)17-6-3-5-16(11-17)26-14-15-12-22-13-15/h1-11,15,22H,12-14H2/i4D. The average molecular weight is 387 g/mol. The first-order valence-corrected chi connectivity index (χ1v) is 10.0. The summed E-state index contributed by atoms with van der Waals surface area (Å²) in [5, 5.41) is 3.16. The van der Waals surface area contributed by atoms with Crippen molar-refractivity contribution in [2.75, 3.05) is 19.7 Å². The third-order valence-corrected chi connectivity index (χ3v) is 6.18. The zero-order chi connectivity index (χ0) is 19.7. The van der Waals surface area contributed by atoms with Gasteiger partial charge < -0.3 is 10.1 Å². The molecule has 0 saturated carbocycles. The number of hydrogen-bond donors (Lipinski definition) is 1. The summed E-state index contributed by atoms with van der Waals surface area (Å²) in [7, 11) is -4.03. The Hall–Kier alpha value is -2.64. The van der Waals surface area contributed by atoms with Crippen LogP contribution in [-0.4, -0.2) is 32.1 Å². The van der Waals surface area contributed by atoms with Gasteiger partial charge in [-0.1, -0.05) is 18.2 Å². The van der Waals surface area contributed by atoms with Crippen LogP contribution in [0.2, 0.25) is 0 Å². The summed E-state index contributed by atoms with van der Waals surface area (Å²) in [6, 6.07) is 13.4. The van der Waals surface area contributed by atoms with Crippen molar-refractivity contribution >= 4 is 10.0 Å². The Morgan fingerprint density at radius 3 is 2.74 bits per heavy atom. The molecule has 0 unspecified atom stereocenters. The number of benzene rings is 2. The van der Waals surface area contributed by atoms with E-state index in [4.69, 9.17) is 6.11 Å². The van der Waals surface area contributed by atoms with Gasteiger partial charge in [0, 0.05) is 36.8 Å². The Morgan fingerprint density at radius 1 is 1.19 bits per heavy atom. The van der Waals surface area contributed by atoms with Crippen molar-refractivity contribution in [2.24, 2.45) is 5.92 Å². The van der Waals surface area contributed by atoms with Crippen molar-refractivity contribution in [1.29, 1.82) is 0 Å². The second kappa shape index (κ2) is 7.17. The first-order valence-electron chi connectivity index (χ1n) is 9.08. The fourth-order valence-corrected chi connectivity index (χ4v) is 4.25. The van der Waals surface area contributed by atoms with Gasteiger partial charge in [0.1, 0.15) is 11.6 Å². The summed E-state index contributed by atoms with van der Waals surface area (Å²) in [4.78, 5) is 0.0184. The number of ether oxygens (including phenoxy) is 1. The van der Waals surface area contributed by atoms with E-state index in [-0.39, 0.29) is 22.2 Å². The highest BCUT2D eigenvalue weighted by Gasteiger charge is 2.22. The van der Waals surface area contributed by atoms with Gasteiger partial charge in [0.15, 0.2) is 0 Å². The van der Waals surface area contributed by atoms with Crippen molar-refractivity contribution in [2.45, 2.75) is 4.90 Å². The minimum Gasteiger partial charge on any atom is -0.493 e. The van der Waals surface area contributed by atoms with Gasteiger partial charge in [-0.3, -0.25) is 0 Å². The Bertz CT molecular complexity index is 1110. The lowest BCUT2D eigenvalue weighted by atomic mass is 10.1. The molecule has 4 rings (SSSR count). The summed E-state index contributed by atoms with van der Waals surface area (Å²) in [6.45, 7) is 2.29. The Morgan fingerprint density at radius 2 is 2.00 bits per heavy atom. The SMILES string of the molecule is [2H]c1cc(-c2ccccc2F)n(S(=O)(=O)c2cccc(OCC3CNC3)c2)c1. The molecule has 1 fully saturated rings. The smallest absolute Gasteiger partial charge is 0.268 e. The van der Waals surface area contributed by atoms with Gasteiger partial charge in [-0.25, -0.2) is 16.8 Å². The maximum atomic E-state index is 14.2. The summed E-state index contributed by atoms with van der Waals surface area (Å²) in [5.74, 6) is 0.324. The number of nitrogens with zero attached hydrogens (tertiary/aromatic N) is 1. The van der Waals surface area contributed by atoms with Crippen molar-refractivity contribution in [3.8, 4) is 17.0 Å². The molecule has 2 aromatic carbocycles.